The molecule has 0 spiro atoms. The fraction of sp³-hybridized carbons (Fsp3) is 0.471. The number of amides is 2. The summed E-state index contributed by atoms with van der Waals surface area (Å²) in [4.78, 5) is 23.5. The molecule has 6 nitrogen and oxygen atoms in total. The van der Waals surface area contributed by atoms with Crippen LogP contribution in [-0.2, 0) is 16.6 Å². The number of piperidine rings is 1. The van der Waals surface area contributed by atoms with Gasteiger partial charge in [0, 0.05) is 25.4 Å². The van der Waals surface area contributed by atoms with E-state index in [-0.39, 0.29) is 17.7 Å². The minimum absolute atomic E-state index is 0.192. The van der Waals surface area contributed by atoms with Crippen LogP contribution in [0.15, 0.2) is 18.2 Å². The van der Waals surface area contributed by atoms with Crippen LogP contribution in [0.4, 0.5) is 0 Å². The summed E-state index contributed by atoms with van der Waals surface area (Å²) in [5.41, 5.74) is 3.15. The number of nitrogens with zero attached hydrogens (tertiary/aromatic N) is 2. The molecule has 0 bridgehead atoms. The Labute approximate surface area is 134 Å². The van der Waals surface area contributed by atoms with E-state index in [0.29, 0.717) is 18.8 Å². The number of imide groups is 1. The van der Waals surface area contributed by atoms with Gasteiger partial charge in [-0.3, -0.25) is 19.6 Å². The molecule has 120 valence electrons. The van der Waals surface area contributed by atoms with Gasteiger partial charge in [-0.1, -0.05) is 12.1 Å². The first-order valence-corrected chi connectivity index (χ1v) is 8.14. The summed E-state index contributed by atoms with van der Waals surface area (Å²) in [5, 5.41) is 11.4. The van der Waals surface area contributed by atoms with E-state index >= 15 is 0 Å². The van der Waals surface area contributed by atoms with Gasteiger partial charge in [0.05, 0.1) is 17.1 Å². The topological polar surface area (TPSA) is 76.0 Å². The highest BCUT2D eigenvalue weighted by Gasteiger charge is 2.31. The van der Waals surface area contributed by atoms with E-state index in [1.165, 1.54) is 5.56 Å². The maximum Gasteiger partial charge on any atom is 0.235 e. The van der Waals surface area contributed by atoms with Crippen LogP contribution in [0.5, 0.6) is 0 Å². The van der Waals surface area contributed by atoms with Crippen LogP contribution in [0.2, 0.25) is 0 Å². The lowest BCUT2D eigenvalue weighted by Gasteiger charge is -2.19. The molecule has 2 aliphatic heterocycles. The van der Waals surface area contributed by atoms with E-state index in [2.05, 4.69) is 33.9 Å². The van der Waals surface area contributed by atoms with Crippen molar-refractivity contribution in [1.82, 2.24) is 20.4 Å². The quantitative estimate of drug-likeness (QED) is 0.816. The van der Waals surface area contributed by atoms with Crippen LogP contribution in [-0.4, -0.2) is 34.7 Å². The molecule has 1 aromatic heterocycles. The lowest BCUT2D eigenvalue weighted by Crippen LogP contribution is -2.39. The maximum absolute atomic E-state index is 12.1. The number of hydrogen-bond donors (Lipinski definition) is 2. The molecular formula is C17H20N4O2. The molecule has 2 saturated heterocycles. The standard InChI is InChI=1S/C17H20N4O2/c1-21-14-8-10(11-6-7-18-9-11)2-3-12(14)16(20-21)13-4-5-15(22)19-17(13)23/h2-3,8,11,13,18H,4-7,9H2,1H3,(H,19,22,23)/t11-,13?/m0/s1. The van der Waals surface area contributed by atoms with Crippen LogP contribution < -0.4 is 10.6 Å². The van der Waals surface area contributed by atoms with Gasteiger partial charge in [-0.05, 0) is 36.9 Å². The predicted molar refractivity (Wildman–Crippen MR) is 86.1 cm³/mol. The summed E-state index contributed by atoms with van der Waals surface area (Å²) in [7, 11) is 1.91. The maximum atomic E-state index is 12.1. The number of nitrogens with one attached hydrogen (secondary N) is 2. The van der Waals surface area contributed by atoms with Crippen molar-refractivity contribution < 1.29 is 9.59 Å². The number of aryl methyl sites for hydroxylation is 1. The Bertz CT molecular complexity index is 789. The minimum Gasteiger partial charge on any atom is -0.316 e. The van der Waals surface area contributed by atoms with E-state index < -0.39 is 0 Å². The molecule has 2 N–H and O–H groups in total. The first-order chi connectivity index (χ1) is 11.1. The van der Waals surface area contributed by atoms with Crippen molar-refractivity contribution in [3.63, 3.8) is 0 Å². The fourth-order valence-electron chi connectivity index (χ4n) is 3.71. The van der Waals surface area contributed by atoms with Crippen molar-refractivity contribution in [3.05, 3.63) is 29.5 Å². The van der Waals surface area contributed by atoms with Gasteiger partial charge < -0.3 is 5.32 Å². The van der Waals surface area contributed by atoms with Gasteiger partial charge in [-0.25, -0.2) is 0 Å². The first-order valence-electron chi connectivity index (χ1n) is 8.14. The molecule has 2 fully saturated rings. The Kier molecular flexibility index (Phi) is 3.41. The summed E-state index contributed by atoms with van der Waals surface area (Å²) < 4.78 is 1.85. The molecule has 2 atom stereocenters. The molecule has 4 rings (SSSR count). The van der Waals surface area contributed by atoms with E-state index in [0.717, 1.165) is 36.1 Å². The van der Waals surface area contributed by atoms with Crippen LogP contribution in [0.25, 0.3) is 10.9 Å². The second-order valence-corrected chi connectivity index (χ2v) is 6.48. The molecular weight excluding hydrogens is 292 g/mol. The lowest BCUT2D eigenvalue weighted by molar-refractivity contribution is -0.134. The van der Waals surface area contributed by atoms with E-state index in [4.69, 9.17) is 0 Å². The monoisotopic (exact) mass is 312 g/mol. The Morgan fingerprint density at radius 2 is 2.13 bits per heavy atom. The molecule has 0 aliphatic carbocycles. The summed E-state index contributed by atoms with van der Waals surface area (Å²) in [6.07, 6.45) is 2.06. The van der Waals surface area contributed by atoms with E-state index in [1.807, 2.05) is 11.7 Å². The SMILES string of the molecule is Cn1nc(C2CCC(=O)NC2=O)c2ccc([C@H]3CCNC3)cc21. The number of carbonyl (C=O) groups is 2. The number of rotatable bonds is 2. The number of carbonyl (C=O) groups excluding carboxylic acids is 2. The third-order valence-corrected chi connectivity index (χ3v) is 5.01. The Hall–Kier alpha value is -2.21. The average molecular weight is 312 g/mol. The second-order valence-electron chi connectivity index (χ2n) is 6.48. The van der Waals surface area contributed by atoms with Crippen LogP contribution in [0, 0.1) is 0 Å². The van der Waals surface area contributed by atoms with Crippen LogP contribution in [0.1, 0.15) is 42.4 Å². The smallest absolute Gasteiger partial charge is 0.235 e. The molecule has 2 aliphatic rings. The highest BCUT2D eigenvalue weighted by Crippen LogP contribution is 2.32. The molecule has 3 heterocycles. The highest BCUT2D eigenvalue weighted by molar-refractivity contribution is 6.02. The van der Waals surface area contributed by atoms with Crippen molar-refractivity contribution in [2.45, 2.75) is 31.1 Å². The first kappa shape index (κ1) is 14.4. The van der Waals surface area contributed by atoms with E-state index in [1.54, 1.807) is 0 Å². The van der Waals surface area contributed by atoms with Gasteiger partial charge in [-0.2, -0.15) is 5.10 Å². The van der Waals surface area contributed by atoms with Gasteiger partial charge in [0.2, 0.25) is 11.8 Å². The number of hydrogen-bond acceptors (Lipinski definition) is 4. The number of fused-ring (bicyclic) bond motifs is 1. The van der Waals surface area contributed by atoms with Gasteiger partial charge in [-0.15, -0.1) is 0 Å². The van der Waals surface area contributed by atoms with Crippen LogP contribution in [0.3, 0.4) is 0 Å². The summed E-state index contributed by atoms with van der Waals surface area (Å²) in [6, 6.07) is 6.42. The summed E-state index contributed by atoms with van der Waals surface area (Å²) >= 11 is 0. The highest BCUT2D eigenvalue weighted by atomic mass is 16.2. The minimum atomic E-state index is -0.338. The lowest BCUT2D eigenvalue weighted by atomic mass is 9.91. The molecule has 2 aromatic rings. The fourth-order valence-corrected chi connectivity index (χ4v) is 3.71. The average Bonchev–Trinajstić information content (AvgIpc) is 3.16. The normalized spacial score (nSPS) is 25.1. The Morgan fingerprint density at radius 1 is 1.26 bits per heavy atom. The Balaban J connectivity index is 1.74. The van der Waals surface area contributed by atoms with Gasteiger partial charge in [0.1, 0.15) is 0 Å². The van der Waals surface area contributed by atoms with Gasteiger partial charge >= 0.3 is 0 Å². The molecule has 0 radical (unpaired) electrons. The van der Waals surface area contributed by atoms with Crippen molar-refractivity contribution in [3.8, 4) is 0 Å². The van der Waals surface area contributed by atoms with Crippen molar-refractivity contribution >= 4 is 22.7 Å². The van der Waals surface area contributed by atoms with Gasteiger partial charge in [0.25, 0.3) is 0 Å². The largest absolute Gasteiger partial charge is 0.316 e. The number of aromatic nitrogens is 2. The van der Waals surface area contributed by atoms with Crippen LogP contribution >= 0.6 is 0 Å². The molecule has 0 saturated carbocycles. The second kappa shape index (κ2) is 5.45. The molecule has 1 aromatic carbocycles. The number of benzene rings is 1. The molecule has 23 heavy (non-hydrogen) atoms. The Morgan fingerprint density at radius 3 is 2.87 bits per heavy atom. The van der Waals surface area contributed by atoms with Crippen molar-refractivity contribution in [2.24, 2.45) is 7.05 Å². The molecule has 1 unspecified atom stereocenters. The zero-order valence-electron chi connectivity index (χ0n) is 13.1. The van der Waals surface area contributed by atoms with Crippen molar-refractivity contribution in [2.75, 3.05) is 13.1 Å². The third-order valence-electron chi connectivity index (χ3n) is 5.01. The predicted octanol–water partition coefficient (Wildman–Crippen LogP) is 1.17. The molecule has 2 amide bonds. The summed E-state index contributed by atoms with van der Waals surface area (Å²) in [6.45, 7) is 2.08. The summed E-state index contributed by atoms with van der Waals surface area (Å²) in [5.74, 6) is -0.212. The van der Waals surface area contributed by atoms with E-state index in [9.17, 15) is 9.59 Å². The molecule has 6 heteroatoms. The van der Waals surface area contributed by atoms with Gasteiger partial charge in [0.15, 0.2) is 0 Å². The zero-order valence-corrected chi connectivity index (χ0v) is 13.1. The zero-order chi connectivity index (χ0) is 16.0. The third kappa shape index (κ3) is 2.43. The van der Waals surface area contributed by atoms with Crippen molar-refractivity contribution in [1.29, 1.82) is 0 Å².